The van der Waals surface area contributed by atoms with Crippen LogP contribution < -0.4 is 4.68 Å². The van der Waals surface area contributed by atoms with Gasteiger partial charge < -0.3 is 4.90 Å². The maximum atomic E-state index is 5.69. The fourth-order valence-electron chi connectivity index (χ4n) is 0.780. The summed E-state index contributed by atoms with van der Waals surface area (Å²) in [5.74, 6) is 0.762. The van der Waals surface area contributed by atoms with Crippen molar-refractivity contribution in [2.45, 2.75) is 0 Å². The van der Waals surface area contributed by atoms with Crippen molar-refractivity contribution < 1.29 is 4.68 Å². The largest absolute Gasteiger partial charge is 0.348 e. The van der Waals surface area contributed by atoms with E-state index in [1.54, 1.807) is 24.1 Å². The number of hydrogen-bond acceptors (Lipinski definition) is 2. The number of aromatic nitrogens is 2. The Bertz CT molecular complexity index is 322. The third kappa shape index (κ3) is 2.99. The Morgan fingerprint density at radius 1 is 1.54 bits per heavy atom. The molecule has 5 heteroatoms. The van der Waals surface area contributed by atoms with Crippen molar-refractivity contribution in [2.75, 3.05) is 14.1 Å². The number of hydrogen-bond donors (Lipinski definition) is 0. The Kier molecular flexibility index (Phi) is 3.19. The lowest BCUT2D eigenvalue weighted by Gasteiger charge is -1.97. The summed E-state index contributed by atoms with van der Waals surface area (Å²) in [4.78, 5) is 6.04. The molecular weight excluding hydrogens is 188 g/mol. The molecule has 0 saturated heterocycles. The minimum Gasteiger partial charge on any atom is -0.348 e. The Hall–Kier alpha value is -1.16. The van der Waals surface area contributed by atoms with E-state index in [0.717, 1.165) is 5.82 Å². The van der Waals surface area contributed by atoms with Gasteiger partial charge >= 0.3 is 5.82 Å². The van der Waals surface area contributed by atoms with Gasteiger partial charge in [-0.3, -0.25) is 0 Å². The number of aliphatic imine (C=N–C) groups is 1. The first-order valence-electron chi connectivity index (χ1n) is 3.83. The fourth-order valence-corrected chi connectivity index (χ4v) is 0.957. The van der Waals surface area contributed by atoms with E-state index in [4.69, 9.17) is 11.6 Å². The van der Waals surface area contributed by atoms with Crippen LogP contribution in [0.3, 0.4) is 0 Å². The highest BCUT2D eigenvalue weighted by atomic mass is 35.5. The van der Waals surface area contributed by atoms with Crippen molar-refractivity contribution in [3.05, 3.63) is 17.3 Å². The molecule has 0 bridgehead atoms. The van der Waals surface area contributed by atoms with Gasteiger partial charge in [0.25, 0.3) is 0 Å². The summed E-state index contributed by atoms with van der Waals surface area (Å²) in [6.45, 7) is 0. The van der Waals surface area contributed by atoms with Crippen LogP contribution in [0, 0.1) is 0 Å². The standard InChI is InChI=1S/C8H12ClN4/c1-12(2)6-10-8-5-4-7(9)11-13(8)3/h4-6H,1-3H3/q+1. The number of aryl methyl sites for hydroxylation is 1. The molecule has 1 rings (SSSR count). The van der Waals surface area contributed by atoms with Crippen LogP contribution in [-0.4, -0.2) is 30.4 Å². The smallest absolute Gasteiger partial charge is 0.344 e. The summed E-state index contributed by atoms with van der Waals surface area (Å²) in [5.41, 5.74) is 0. The van der Waals surface area contributed by atoms with Gasteiger partial charge in [-0.2, -0.15) is 0 Å². The Balaban J connectivity index is 2.90. The van der Waals surface area contributed by atoms with Crippen LogP contribution in [0.1, 0.15) is 0 Å². The third-order valence-corrected chi connectivity index (χ3v) is 1.57. The molecule has 0 saturated carbocycles. The van der Waals surface area contributed by atoms with Crippen LogP contribution in [0.15, 0.2) is 17.1 Å². The Morgan fingerprint density at radius 3 is 2.77 bits per heavy atom. The first-order chi connectivity index (χ1) is 6.09. The van der Waals surface area contributed by atoms with E-state index >= 15 is 0 Å². The highest BCUT2D eigenvalue weighted by Gasteiger charge is 2.05. The molecule has 0 aliphatic rings. The van der Waals surface area contributed by atoms with Crippen LogP contribution in [0.25, 0.3) is 0 Å². The van der Waals surface area contributed by atoms with Crippen molar-refractivity contribution in [3.8, 4) is 0 Å². The van der Waals surface area contributed by atoms with E-state index in [9.17, 15) is 0 Å². The van der Waals surface area contributed by atoms with Crippen molar-refractivity contribution >= 4 is 23.8 Å². The molecule has 0 atom stereocenters. The summed E-state index contributed by atoms with van der Waals surface area (Å²) < 4.78 is 1.63. The molecule has 13 heavy (non-hydrogen) atoms. The molecule has 70 valence electrons. The zero-order valence-electron chi connectivity index (χ0n) is 7.90. The summed E-state index contributed by atoms with van der Waals surface area (Å²) in [6, 6.07) is 3.53. The first kappa shape index (κ1) is 9.92. The maximum Gasteiger partial charge on any atom is 0.344 e. The topological polar surface area (TPSA) is 32.4 Å². The van der Waals surface area contributed by atoms with Crippen molar-refractivity contribution in [3.63, 3.8) is 0 Å². The van der Waals surface area contributed by atoms with E-state index in [-0.39, 0.29) is 0 Å². The van der Waals surface area contributed by atoms with Gasteiger partial charge in [0.05, 0.1) is 0 Å². The number of nitrogens with zero attached hydrogens (tertiary/aromatic N) is 4. The van der Waals surface area contributed by atoms with Crippen LogP contribution >= 0.6 is 11.6 Å². The molecule has 0 amide bonds. The van der Waals surface area contributed by atoms with Crippen molar-refractivity contribution in [1.82, 2.24) is 10.00 Å². The van der Waals surface area contributed by atoms with Gasteiger partial charge in [-0.05, 0) is 11.1 Å². The molecule has 0 unspecified atom stereocenters. The second kappa shape index (κ2) is 4.18. The van der Waals surface area contributed by atoms with Crippen molar-refractivity contribution in [2.24, 2.45) is 12.0 Å². The molecule has 1 aromatic rings. The van der Waals surface area contributed by atoms with Crippen LogP contribution in [0.4, 0.5) is 5.82 Å². The van der Waals surface area contributed by atoms with Crippen LogP contribution in [-0.2, 0) is 7.05 Å². The second-order valence-corrected chi connectivity index (χ2v) is 3.23. The summed E-state index contributed by atoms with van der Waals surface area (Å²) in [7, 11) is 5.62. The molecule has 0 aromatic carbocycles. The van der Waals surface area contributed by atoms with Crippen molar-refractivity contribution in [1.29, 1.82) is 0 Å². The quantitative estimate of drug-likeness (QED) is 0.401. The third-order valence-electron chi connectivity index (χ3n) is 1.37. The fraction of sp³-hybridized carbons (Fsp3) is 0.375. The monoisotopic (exact) mass is 199 g/mol. The van der Waals surface area contributed by atoms with Crippen LogP contribution in [0.5, 0.6) is 0 Å². The van der Waals surface area contributed by atoms with Gasteiger partial charge in [0.15, 0.2) is 5.15 Å². The van der Waals surface area contributed by atoms with Crippen LogP contribution in [0.2, 0.25) is 5.15 Å². The summed E-state index contributed by atoms with van der Waals surface area (Å²) >= 11 is 5.69. The number of rotatable bonds is 2. The molecule has 0 fully saturated rings. The average Bonchev–Trinajstić information content (AvgIpc) is 2.02. The van der Waals surface area contributed by atoms with Gasteiger partial charge in [0, 0.05) is 20.2 Å². The molecule has 0 radical (unpaired) electrons. The molecule has 0 N–H and O–H groups in total. The zero-order chi connectivity index (χ0) is 9.84. The Labute approximate surface area is 82.5 Å². The minimum absolute atomic E-state index is 0.464. The summed E-state index contributed by atoms with van der Waals surface area (Å²) in [6.07, 6.45) is 1.71. The Morgan fingerprint density at radius 2 is 2.23 bits per heavy atom. The van der Waals surface area contributed by atoms with Gasteiger partial charge in [0.1, 0.15) is 7.05 Å². The molecular formula is C8H12ClN4+. The highest BCUT2D eigenvalue weighted by Crippen LogP contribution is 2.06. The highest BCUT2D eigenvalue weighted by molar-refractivity contribution is 6.29. The number of halogens is 1. The minimum atomic E-state index is 0.464. The normalized spacial score (nSPS) is 10.8. The van der Waals surface area contributed by atoms with Gasteiger partial charge in [-0.1, -0.05) is 16.7 Å². The molecule has 0 spiro atoms. The zero-order valence-corrected chi connectivity index (χ0v) is 8.65. The predicted octanol–water partition coefficient (Wildman–Crippen LogP) is 0.781. The predicted molar refractivity (Wildman–Crippen MR) is 52.3 cm³/mol. The lowest BCUT2D eigenvalue weighted by molar-refractivity contribution is -0.718. The summed E-state index contributed by atoms with van der Waals surface area (Å²) in [5, 5.41) is 4.47. The SMILES string of the molecule is CN(C)C=Nc1ccc(Cl)n[n+]1C. The van der Waals surface area contributed by atoms with E-state index in [0.29, 0.717) is 5.15 Å². The molecule has 4 nitrogen and oxygen atoms in total. The maximum absolute atomic E-state index is 5.69. The van der Waals surface area contributed by atoms with E-state index in [2.05, 4.69) is 10.1 Å². The first-order valence-corrected chi connectivity index (χ1v) is 4.21. The van der Waals surface area contributed by atoms with E-state index < -0.39 is 0 Å². The van der Waals surface area contributed by atoms with Gasteiger partial charge in [-0.15, -0.1) is 4.68 Å². The van der Waals surface area contributed by atoms with E-state index in [1.807, 2.05) is 25.1 Å². The second-order valence-electron chi connectivity index (χ2n) is 2.85. The molecule has 0 aliphatic carbocycles. The van der Waals surface area contributed by atoms with Gasteiger partial charge in [0.2, 0.25) is 6.34 Å². The molecule has 1 aromatic heterocycles. The lowest BCUT2D eigenvalue weighted by Crippen LogP contribution is -2.33. The average molecular weight is 200 g/mol. The van der Waals surface area contributed by atoms with Gasteiger partial charge in [-0.25, -0.2) is 0 Å². The van der Waals surface area contributed by atoms with E-state index in [1.165, 1.54) is 0 Å². The molecule has 1 heterocycles. The molecule has 0 aliphatic heterocycles. The lowest BCUT2D eigenvalue weighted by atomic mass is 10.5.